The third kappa shape index (κ3) is 2.47. The Bertz CT molecular complexity index is 476. The van der Waals surface area contributed by atoms with Crippen molar-refractivity contribution in [1.29, 1.82) is 0 Å². The second-order valence-corrected chi connectivity index (χ2v) is 7.30. The molecule has 19 heavy (non-hydrogen) atoms. The van der Waals surface area contributed by atoms with Gasteiger partial charge in [-0.25, -0.2) is 4.39 Å². The first-order valence-corrected chi connectivity index (χ1v) is 8.01. The van der Waals surface area contributed by atoms with Gasteiger partial charge >= 0.3 is 0 Å². The maximum Gasteiger partial charge on any atom is 0.126 e. The van der Waals surface area contributed by atoms with E-state index in [9.17, 15) is 4.39 Å². The molecule has 104 valence electrons. The summed E-state index contributed by atoms with van der Waals surface area (Å²) in [5.41, 5.74) is 1.15. The van der Waals surface area contributed by atoms with Crippen LogP contribution in [0.3, 0.4) is 0 Å². The number of benzene rings is 1. The SMILES string of the molecule is CNCC1(Cc2cc(Br)ccc2F)CC2CCC1C2. The summed E-state index contributed by atoms with van der Waals surface area (Å²) in [5, 5.41) is 3.36. The number of halogens is 2. The van der Waals surface area contributed by atoms with E-state index < -0.39 is 0 Å². The first-order chi connectivity index (χ1) is 9.13. The van der Waals surface area contributed by atoms with E-state index in [1.807, 2.05) is 13.1 Å². The molecule has 2 aliphatic rings. The van der Waals surface area contributed by atoms with E-state index in [-0.39, 0.29) is 11.2 Å². The van der Waals surface area contributed by atoms with Crippen LogP contribution in [0, 0.1) is 23.1 Å². The third-order valence-corrected chi connectivity index (χ3v) is 5.67. The fourth-order valence-corrected chi connectivity index (χ4v) is 4.87. The van der Waals surface area contributed by atoms with Crippen molar-refractivity contribution < 1.29 is 4.39 Å². The maximum absolute atomic E-state index is 14.0. The summed E-state index contributed by atoms with van der Waals surface area (Å²) in [6.45, 7) is 1.01. The predicted octanol–water partition coefficient (Wildman–Crippen LogP) is 4.16. The van der Waals surface area contributed by atoms with Gasteiger partial charge in [-0.05, 0) is 73.7 Å². The van der Waals surface area contributed by atoms with Crippen molar-refractivity contribution >= 4 is 15.9 Å². The van der Waals surface area contributed by atoms with E-state index in [4.69, 9.17) is 0 Å². The van der Waals surface area contributed by atoms with Crippen LogP contribution < -0.4 is 5.32 Å². The van der Waals surface area contributed by atoms with Crippen LogP contribution in [0.4, 0.5) is 4.39 Å². The summed E-state index contributed by atoms with van der Waals surface area (Å²) in [6.07, 6.45) is 6.22. The highest BCUT2D eigenvalue weighted by molar-refractivity contribution is 9.10. The Kier molecular flexibility index (Phi) is 3.69. The molecule has 1 N–H and O–H groups in total. The molecule has 2 aliphatic carbocycles. The topological polar surface area (TPSA) is 12.0 Å². The minimum Gasteiger partial charge on any atom is -0.319 e. The molecule has 1 aromatic rings. The minimum absolute atomic E-state index is 0.0542. The van der Waals surface area contributed by atoms with Gasteiger partial charge in [0.2, 0.25) is 0 Å². The molecule has 1 aromatic carbocycles. The molecule has 2 fully saturated rings. The van der Waals surface area contributed by atoms with E-state index in [1.165, 1.54) is 25.7 Å². The van der Waals surface area contributed by atoms with Crippen molar-refractivity contribution in [3.63, 3.8) is 0 Å². The van der Waals surface area contributed by atoms with Gasteiger partial charge in [0.15, 0.2) is 0 Å². The van der Waals surface area contributed by atoms with Crippen LogP contribution in [0.15, 0.2) is 22.7 Å². The highest BCUT2D eigenvalue weighted by Crippen LogP contribution is 2.57. The van der Waals surface area contributed by atoms with Crippen LogP contribution >= 0.6 is 15.9 Å². The summed E-state index contributed by atoms with van der Waals surface area (Å²) in [5.74, 6) is 1.61. The average molecular weight is 326 g/mol. The highest BCUT2D eigenvalue weighted by Gasteiger charge is 2.50. The molecule has 3 heteroatoms. The average Bonchev–Trinajstić information content (AvgIpc) is 2.95. The summed E-state index contributed by atoms with van der Waals surface area (Å²) in [6, 6.07) is 5.32. The largest absolute Gasteiger partial charge is 0.319 e. The molecule has 0 spiro atoms. The Morgan fingerprint density at radius 3 is 2.89 bits per heavy atom. The lowest BCUT2D eigenvalue weighted by atomic mass is 9.69. The Labute approximate surface area is 123 Å². The number of nitrogens with one attached hydrogen (secondary N) is 1. The first kappa shape index (κ1) is 13.6. The number of fused-ring (bicyclic) bond motifs is 2. The molecule has 0 heterocycles. The summed E-state index contributed by atoms with van der Waals surface area (Å²) in [7, 11) is 2.02. The van der Waals surface area contributed by atoms with Crippen molar-refractivity contribution in [2.75, 3.05) is 13.6 Å². The van der Waals surface area contributed by atoms with Gasteiger partial charge in [0, 0.05) is 11.0 Å². The number of rotatable bonds is 4. The molecule has 2 bridgehead atoms. The Morgan fingerprint density at radius 2 is 2.26 bits per heavy atom. The predicted molar refractivity (Wildman–Crippen MR) is 79.6 cm³/mol. The second-order valence-electron chi connectivity index (χ2n) is 6.39. The van der Waals surface area contributed by atoms with Crippen LogP contribution in [-0.4, -0.2) is 13.6 Å². The Morgan fingerprint density at radius 1 is 1.42 bits per heavy atom. The molecule has 1 nitrogen and oxygen atoms in total. The molecule has 0 amide bonds. The van der Waals surface area contributed by atoms with Crippen molar-refractivity contribution in [2.24, 2.45) is 17.3 Å². The monoisotopic (exact) mass is 325 g/mol. The van der Waals surface area contributed by atoms with E-state index in [0.717, 1.165) is 34.8 Å². The molecule has 3 unspecified atom stereocenters. The number of hydrogen-bond donors (Lipinski definition) is 1. The van der Waals surface area contributed by atoms with Gasteiger partial charge in [0.05, 0.1) is 0 Å². The summed E-state index contributed by atoms with van der Waals surface area (Å²) < 4.78 is 15.0. The van der Waals surface area contributed by atoms with Gasteiger partial charge in [0.1, 0.15) is 5.82 Å². The highest BCUT2D eigenvalue weighted by atomic mass is 79.9. The van der Waals surface area contributed by atoms with Gasteiger partial charge in [-0.1, -0.05) is 22.4 Å². The molecule has 3 atom stereocenters. The van der Waals surface area contributed by atoms with Crippen molar-refractivity contribution in [3.8, 4) is 0 Å². The maximum atomic E-state index is 14.0. The zero-order valence-electron chi connectivity index (χ0n) is 11.4. The van der Waals surface area contributed by atoms with Crippen LogP contribution in [0.1, 0.15) is 31.2 Å². The van der Waals surface area contributed by atoms with Crippen molar-refractivity contribution in [2.45, 2.75) is 32.1 Å². The van der Waals surface area contributed by atoms with Crippen LogP contribution in [0.25, 0.3) is 0 Å². The van der Waals surface area contributed by atoms with Crippen LogP contribution in [0.5, 0.6) is 0 Å². The lowest BCUT2D eigenvalue weighted by Crippen LogP contribution is -2.39. The second kappa shape index (κ2) is 5.17. The molecule has 3 rings (SSSR count). The lowest BCUT2D eigenvalue weighted by Gasteiger charge is -2.38. The van der Waals surface area contributed by atoms with Gasteiger partial charge < -0.3 is 5.32 Å². The minimum atomic E-state index is -0.0542. The summed E-state index contributed by atoms with van der Waals surface area (Å²) >= 11 is 3.46. The van der Waals surface area contributed by atoms with Gasteiger partial charge in [0.25, 0.3) is 0 Å². The van der Waals surface area contributed by atoms with Crippen LogP contribution in [-0.2, 0) is 6.42 Å². The normalized spacial score (nSPS) is 33.0. The van der Waals surface area contributed by atoms with E-state index in [0.29, 0.717) is 0 Å². The first-order valence-electron chi connectivity index (χ1n) is 7.21. The molecular weight excluding hydrogens is 305 g/mol. The van der Waals surface area contributed by atoms with Crippen molar-refractivity contribution in [1.82, 2.24) is 5.32 Å². The third-order valence-electron chi connectivity index (χ3n) is 5.18. The zero-order valence-corrected chi connectivity index (χ0v) is 13.0. The zero-order chi connectivity index (χ0) is 13.5. The summed E-state index contributed by atoms with van der Waals surface area (Å²) in [4.78, 5) is 0. The molecule has 0 aromatic heterocycles. The van der Waals surface area contributed by atoms with Gasteiger partial charge in [-0.15, -0.1) is 0 Å². The molecule has 0 aliphatic heterocycles. The fraction of sp³-hybridized carbons (Fsp3) is 0.625. The van der Waals surface area contributed by atoms with Crippen LogP contribution in [0.2, 0.25) is 0 Å². The molecule has 0 saturated heterocycles. The van der Waals surface area contributed by atoms with E-state index >= 15 is 0 Å². The van der Waals surface area contributed by atoms with Gasteiger partial charge in [-0.3, -0.25) is 0 Å². The lowest BCUT2D eigenvalue weighted by molar-refractivity contribution is 0.158. The standard InChI is InChI=1S/C16H21BrFN/c1-19-10-16(8-11-2-3-13(16)6-11)9-12-7-14(17)4-5-15(12)18/h4-5,7,11,13,19H,2-3,6,8-10H2,1H3. The van der Waals surface area contributed by atoms with E-state index in [2.05, 4.69) is 21.2 Å². The Balaban J connectivity index is 1.88. The smallest absolute Gasteiger partial charge is 0.126 e. The van der Waals surface area contributed by atoms with E-state index in [1.54, 1.807) is 12.1 Å². The molecular formula is C16H21BrFN. The van der Waals surface area contributed by atoms with Gasteiger partial charge in [-0.2, -0.15) is 0 Å². The molecule has 2 saturated carbocycles. The molecule has 0 radical (unpaired) electrons. The van der Waals surface area contributed by atoms with Crippen molar-refractivity contribution in [3.05, 3.63) is 34.1 Å². The number of hydrogen-bond acceptors (Lipinski definition) is 1. The quantitative estimate of drug-likeness (QED) is 0.876. The fourth-order valence-electron chi connectivity index (χ4n) is 4.46. The Hall–Kier alpha value is -0.410.